The van der Waals surface area contributed by atoms with Crippen molar-refractivity contribution in [3.8, 4) is 0 Å². The van der Waals surface area contributed by atoms with E-state index >= 15 is 0 Å². The fourth-order valence-corrected chi connectivity index (χ4v) is 7.35. The standard InChI is InChI=1S/C31H25N3O/c35-29(27-18-15-21-9-7-8-14-26(21)33-27)34-32-20-28-30(22-10-3-1-4-11-22)24-16-17-25(19-24)31(28,30)23-12-5-2-6-13-23/h1-18,20,24-25,28H,19H2,(H,34,35). The Balaban J connectivity index is 1.24. The Hall–Kier alpha value is -4.05. The van der Waals surface area contributed by atoms with E-state index in [0.717, 1.165) is 10.9 Å². The summed E-state index contributed by atoms with van der Waals surface area (Å²) in [5, 5.41) is 5.53. The minimum Gasteiger partial charge on any atom is -0.266 e. The zero-order chi connectivity index (χ0) is 23.5. The van der Waals surface area contributed by atoms with Gasteiger partial charge in [-0.05, 0) is 41.5 Å². The van der Waals surface area contributed by atoms with E-state index in [0.29, 0.717) is 17.5 Å². The lowest BCUT2D eigenvalue weighted by atomic mass is 9.75. The van der Waals surface area contributed by atoms with E-state index in [-0.39, 0.29) is 22.7 Å². The van der Waals surface area contributed by atoms with Crippen molar-refractivity contribution in [1.82, 2.24) is 10.4 Å². The van der Waals surface area contributed by atoms with Gasteiger partial charge in [0.05, 0.1) is 5.52 Å². The van der Waals surface area contributed by atoms with Crippen LogP contribution in [-0.4, -0.2) is 17.1 Å². The monoisotopic (exact) mass is 455 g/mol. The van der Waals surface area contributed by atoms with E-state index in [1.54, 1.807) is 6.07 Å². The van der Waals surface area contributed by atoms with E-state index in [2.05, 4.69) is 88.3 Å². The average molecular weight is 456 g/mol. The highest BCUT2D eigenvalue weighted by Gasteiger charge is 2.85. The Bertz CT molecular complexity index is 1430. The van der Waals surface area contributed by atoms with Gasteiger partial charge in [0.1, 0.15) is 5.69 Å². The molecule has 3 aromatic carbocycles. The molecule has 2 fully saturated rings. The number of allylic oxidation sites excluding steroid dienone is 2. The Morgan fingerprint density at radius 2 is 1.40 bits per heavy atom. The molecular weight excluding hydrogens is 430 g/mol. The van der Waals surface area contributed by atoms with Crippen molar-refractivity contribution in [2.24, 2.45) is 22.9 Å². The van der Waals surface area contributed by atoms with Crippen molar-refractivity contribution in [3.05, 3.63) is 126 Å². The molecule has 35 heavy (non-hydrogen) atoms. The van der Waals surface area contributed by atoms with Crippen molar-refractivity contribution in [2.45, 2.75) is 17.3 Å². The third kappa shape index (κ3) is 2.65. The normalized spacial score (nSPS) is 30.0. The Morgan fingerprint density at radius 1 is 0.800 bits per heavy atom. The molecule has 1 amide bonds. The quantitative estimate of drug-likeness (QED) is 0.240. The molecular formula is C31H25N3O. The van der Waals surface area contributed by atoms with Gasteiger partial charge in [0, 0.05) is 28.3 Å². The van der Waals surface area contributed by atoms with Gasteiger partial charge < -0.3 is 0 Å². The molecule has 4 heteroatoms. The van der Waals surface area contributed by atoms with Gasteiger partial charge in [-0.2, -0.15) is 5.10 Å². The van der Waals surface area contributed by atoms with Crippen LogP contribution in [0.3, 0.4) is 0 Å². The second-order valence-corrected chi connectivity index (χ2v) is 9.89. The minimum atomic E-state index is -0.290. The number of rotatable bonds is 5. The predicted molar refractivity (Wildman–Crippen MR) is 138 cm³/mol. The van der Waals surface area contributed by atoms with Gasteiger partial charge in [-0.15, -0.1) is 0 Å². The smallest absolute Gasteiger partial charge is 0.266 e. The summed E-state index contributed by atoms with van der Waals surface area (Å²) < 4.78 is 0. The minimum absolute atomic E-state index is 0.0372. The number of hydrogen-bond donors (Lipinski definition) is 1. The summed E-state index contributed by atoms with van der Waals surface area (Å²) in [6, 6.07) is 33.2. The number of pyridine rings is 1. The van der Waals surface area contributed by atoms with Gasteiger partial charge in [0.25, 0.3) is 5.91 Å². The van der Waals surface area contributed by atoms with Crippen molar-refractivity contribution in [3.63, 3.8) is 0 Å². The first kappa shape index (κ1) is 20.3. The molecule has 0 aliphatic heterocycles. The zero-order valence-corrected chi connectivity index (χ0v) is 19.2. The molecule has 4 aromatic rings. The maximum Gasteiger partial charge on any atom is 0.289 e. The van der Waals surface area contributed by atoms with E-state index in [1.807, 2.05) is 36.5 Å². The van der Waals surface area contributed by atoms with Crippen LogP contribution in [0.25, 0.3) is 10.9 Å². The lowest BCUT2D eigenvalue weighted by Crippen LogP contribution is -2.26. The first-order valence-corrected chi connectivity index (χ1v) is 12.2. The Morgan fingerprint density at radius 3 is 2.06 bits per heavy atom. The van der Waals surface area contributed by atoms with Crippen LogP contribution >= 0.6 is 0 Å². The van der Waals surface area contributed by atoms with Crippen molar-refractivity contribution >= 4 is 23.0 Å². The summed E-state index contributed by atoms with van der Waals surface area (Å²) in [6.45, 7) is 0. The molecule has 2 bridgehead atoms. The van der Waals surface area contributed by atoms with Crippen molar-refractivity contribution in [2.75, 3.05) is 0 Å². The van der Waals surface area contributed by atoms with Gasteiger partial charge in [-0.1, -0.05) is 97.1 Å². The largest absolute Gasteiger partial charge is 0.289 e. The van der Waals surface area contributed by atoms with Crippen LogP contribution in [0.5, 0.6) is 0 Å². The van der Waals surface area contributed by atoms with E-state index < -0.39 is 0 Å². The molecule has 4 atom stereocenters. The number of fused-ring (bicyclic) bond motifs is 6. The highest BCUT2D eigenvalue weighted by Crippen LogP contribution is 2.83. The lowest BCUT2D eigenvalue weighted by molar-refractivity contribution is 0.0950. The summed E-state index contributed by atoms with van der Waals surface area (Å²) in [7, 11) is 0. The first-order chi connectivity index (χ1) is 17.3. The number of hydrogen-bond acceptors (Lipinski definition) is 3. The van der Waals surface area contributed by atoms with E-state index in [1.165, 1.54) is 17.5 Å². The van der Waals surface area contributed by atoms with Crippen molar-refractivity contribution in [1.29, 1.82) is 0 Å². The second-order valence-electron chi connectivity index (χ2n) is 9.89. The van der Waals surface area contributed by atoms with Gasteiger partial charge in [-0.25, -0.2) is 10.4 Å². The van der Waals surface area contributed by atoms with Gasteiger partial charge >= 0.3 is 0 Å². The molecule has 1 N–H and O–H groups in total. The Kier molecular flexibility index (Phi) is 4.34. The van der Waals surface area contributed by atoms with E-state index in [9.17, 15) is 4.79 Å². The van der Waals surface area contributed by atoms with Gasteiger partial charge in [-0.3, -0.25) is 4.79 Å². The number of hydrazone groups is 1. The maximum absolute atomic E-state index is 12.9. The highest BCUT2D eigenvalue weighted by atomic mass is 16.2. The van der Waals surface area contributed by atoms with Crippen LogP contribution in [0, 0.1) is 17.8 Å². The molecule has 0 radical (unpaired) electrons. The van der Waals surface area contributed by atoms with Crippen LogP contribution in [0.1, 0.15) is 28.0 Å². The third-order valence-corrected chi connectivity index (χ3v) is 8.56. The molecule has 3 aliphatic carbocycles. The van der Waals surface area contributed by atoms with Crippen LogP contribution in [0.2, 0.25) is 0 Å². The number of benzene rings is 3. The summed E-state index contributed by atoms with van der Waals surface area (Å²) >= 11 is 0. The molecule has 1 aromatic heterocycles. The molecule has 1 heterocycles. The fourth-order valence-electron chi connectivity index (χ4n) is 7.35. The number of nitrogens with zero attached hydrogens (tertiary/aromatic N) is 2. The first-order valence-electron chi connectivity index (χ1n) is 12.2. The average Bonchev–Trinajstić information content (AvgIpc) is 3.15. The summed E-state index contributed by atoms with van der Waals surface area (Å²) in [4.78, 5) is 17.4. The highest BCUT2D eigenvalue weighted by molar-refractivity contribution is 5.95. The second kappa shape index (κ2) is 7.47. The van der Waals surface area contributed by atoms with Crippen LogP contribution in [0.4, 0.5) is 0 Å². The summed E-state index contributed by atoms with van der Waals surface area (Å²) in [6.07, 6.45) is 7.97. The molecule has 4 nitrogen and oxygen atoms in total. The molecule has 3 aliphatic rings. The van der Waals surface area contributed by atoms with Crippen LogP contribution in [0.15, 0.2) is 114 Å². The molecule has 2 saturated carbocycles. The zero-order valence-electron chi connectivity index (χ0n) is 19.2. The lowest BCUT2D eigenvalue weighted by Gasteiger charge is -2.27. The molecule has 7 rings (SSSR count). The number of nitrogens with one attached hydrogen (secondary N) is 1. The predicted octanol–water partition coefficient (Wildman–Crippen LogP) is 5.66. The SMILES string of the molecule is O=C(NN=CC1C2(c3ccccc3)C3C=CC(C3)C12c1ccccc1)c1ccc2ccccc2n1. The van der Waals surface area contributed by atoms with Crippen molar-refractivity contribution < 1.29 is 4.79 Å². The van der Waals surface area contributed by atoms with Crippen LogP contribution < -0.4 is 5.43 Å². The summed E-state index contributed by atoms with van der Waals surface area (Å²) in [5.74, 6) is 0.832. The number of para-hydroxylation sites is 1. The summed E-state index contributed by atoms with van der Waals surface area (Å²) in [5.41, 5.74) is 6.58. The molecule has 4 unspecified atom stereocenters. The number of carbonyl (C=O) groups excluding carboxylic acids is 1. The number of amides is 1. The van der Waals surface area contributed by atoms with Crippen LogP contribution in [-0.2, 0) is 10.8 Å². The topological polar surface area (TPSA) is 54.4 Å². The van der Waals surface area contributed by atoms with E-state index in [4.69, 9.17) is 0 Å². The molecule has 0 spiro atoms. The molecule has 0 saturated heterocycles. The molecule has 170 valence electrons. The van der Waals surface area contributed by atoms with Gasteiger partial charge in [0.2, 0.25) is 0 Å². The number of aromatic nitrogens is 1. The Labute approximate surface area is 204 Å². The van der Waals surface area contributed by atoms with Gasteiger partial charge in [0.15, 0.2) is 0 Å². The third-order valence-electron chi connectivity index (χ3n) is 8.56. The maximum atomic E-state index is 12.9. The number of carbonyl (C=O) groups is 1. The fraction of sp³-hybridized carbons (Fsp3) is 0.194.